The van der Waals surface area contributed by atoms with Gasteiger partial charge in [0.15, 0.2) is 0 Å². The molecule has 1 aromatic carbocycles. The first kappa shape index (κ1) is 23.6. The molecule has 0 bridgehead atoms. The maximum Gasteiger partial charge on any atom is 0.243 e. The fraction of sp³-hybridized carbons (Fsp3) is 0.500. The minimum absolute atomic E-state index is 0. The largest absolute Gasteiger partial charge is 0.383 e. The van der Waals surface area contributed by atoms with Gasteiger partial charge in [0.1, 0.15) is 6.04 Å². The van der Waals surface area contributed by atoms with Crippen molar-refractivity contribution in [1.29, 1.82) is 0 Å². The highest BCUT2D eigenvalue weighted by Gasteiger charge is 2.28. The summed E-state index contributed by atoms with van der Waals surface area (Å²) in [6.07, 6.45) is 1.77. The molecule has 0 aromatic heterocycles. The number of benzene rings is 1. The lowest BCUT2D eigenvalue weighted by Crippen LogP contribution is -2.40. The fourth-order valence-corrected chi connectivity index (χ4v) is 2.81. The Morgan fingerprint density at radius 2 is 2.12 bits per heavy atom. The molecule has 2 amide bonds. The highest BCUT2D eigenvalue weighted by atomic mass is 35.5. The molecule has 9 heteroatoms. The summed E-state index contributed by atoms with van der Waals surface area (Å²) in [5.74, 6) is -0.572. The van der Waals surface area contributed by atoms with Crippen molar-refractivity contribution in [3.05, 3.63) is 29.8 Å². The molecule has 2 unspecified atom stereocenters. The van der Waals surface area contributed by atoms with Gasteiger partial charge in [-0.05, 0) is 37.1 Å². The molecule has 7 nitrogen and oxygen atoms in total. The number of nitrogens with zero attached hydrogens (tertiary/aromatic N) is 1. The molecule has 0 radical (unpaired) electrons. The van der Waals surface area contributed by atoms with E-state index in [9.17, 15) is 9.59 Å². The minimum Gasteiger partial charge on any atom is -0.383 e. The Balaban J connectivity index is 0.00000288. The van der Waals surface area contributed by atoms with Crippen molar-refractivity contribution >= 4 is 42.3 Å². The number of carbonyl (C=O) groups excluding carboxylic acids is 2. The van der Waals surface area contributed by atoms with E-state index in [1.165, 1.54) is 7.11 Å². The SMILES string of the molecule is COCC(N)C(=O)Nc1cccc(CN2CCCC2C(N)=O)c1.Cl.Cl. The molecule has 0 saturated carbocycles. The molecule has 1 saturated heterocycles. The summed E-state index contributed by atoms with van der Waals surface area (Å²) in [7, 11) is 1.50. The summed E-state index contributed by atoms with van der Waals surface area (Å²) in [4.78, 5) is 25.4. The van der Waals surface area contributed by atoms with Crippen LogP contribution in [-0.4, -0.2) is 49.1 Å². The van der Waals surface area contributed by atoms with Crippen LogP contribution in [0.1, 0.15) is 18.4 Å². The van der Waals surface area contributed by atoms with Crippen molar-refractivity contribution in [1.82, 2.24) is 4.90 Å². The molecule has 1 aromatic rings. The highest BCUT2D eigenvalue weighted by molar-refractivity contribution is 5.94. The third-order valence-corrected chi connectivity index (χ3v) is 3.96. The lowest BCUT2D eigenvalue weighted by Gasteiger charge is -2.22. The molecule has 1 fully saturated rings. The first-order valence-corrected chi connectivity index (χ1v) is 7.69. The Hall–Kier alpha value is -1.38. The van der Waals surface area contributed by atoms with E-state index in [2.05, 4.69) is 10.2 Å². The van der Waals surface area contributed by atoms with Gasteiger partial charge in [0, 0.05) is 19.3 Å². The van der Waals surface area contributed by atoms with Gasteiger partial charge in [0.05, 0.1) is 12.6 Å². The first-order valence-electron chi connectivity index (χ1n) is 7.69. The van der Waals surface area contributed by atoms with Gasteiger partial charge in [-0.3, -0.25) is 14.5 Å². The average Bonchev–Trinajstić information content (AvgIpc) is 2.96. The van der Waals surface area contributed by atoms with Crippen LogP contribution in [-0.2, 0) is 20.9 Å². The van der Waals surface area contributed by atoms with Crippen molar-refractivity contribution in [3.63, 3.8) is 0 Å². The van der Waals surface area contributed by atoms with Crippen LogP contribution in [0.25, 0.3) is 0 Å². The van der Waals surface area contributed by atoms with Gasteiger partial charge >= 0.3 is 0 Å². The van der Waals surface area contributed by atoms with Crippen molar-refractivity contribution in [2.75, 3.05) is 25.6 Å². The van der Waals surface area contributed by atoms with Gasteiger partial charge in [0.25, 0.3) is 0 Å². The Morgan fingerprint density at radius 3 is 2.76 bits per heavy atom. The number of likely N-dealkylation sites (tertiary alicyclic amines) is 1. The Kier molecular flexibility index (Phi) is 10.7. The Morgan fingerprint density at radius 1 is 1.40 bits per heavy atom. The summed E-state index contributed by atoms with van der Waals surface area (Å²) in [6.45, 7) is 1.64. The number of nitrogens with one attached hydrogen (secondary N) is 1. The second-order valence-corrected chi connectivity index (χ2v) is 5.78. The van der Waals surface area contributed by atoms with Crippen LogP contribution in [0.4, 0.5) is 5.69 Å². The molecule has 142 valence electrons. The van der Waals surface area contributed by atoms with Crippen molar-refractivity contribution < 1.29 is 14.3 Å². The number of nitrogens with two attached hydrogens (primary N) is 2. The third kappa shape index (κ3) is 6.80. The van der Waals surface area contributed by atoms with Gasteiger partial charge in [-0.15, -0.1) is 24.8 Å². The predicted molar refractivity (Wildman–Crippen MR) is 102 cm³/mol. The van der Waals surface area contributed by atoms with Gasteiger partial charge in [-0.2, -0.15) is 0 Å². The number of hydrogen-bond acceptors (Lipinski definition) is 5. The van der Waals surface area contributed by atoms with Crippen LogP contribution in [0.5, 0.6) is 0 Å². The number of amides is 2. The summed E-state index contributed by atoms with van der Waals surface area (Å²) >= 11 is 0. The van der Waals surface area contributed by atoms with Gasteiger partial charge in [-0.25, -0.2) is 0 Å². The number of halogens is 2. The second kappa shape index (κ2) is 11.3. The van der Waals surface area contributed by atoms with Crippen LogP contribution >= 0.6 is 24.8 Å². The summed E-state index contributed by atoms with van der Waals surface area (Å²) < 4.78 is 4.87. The van der Waals surface area contributed by atoms with E-state index in [1.807, 2.05) is 18.2 Å². The minimum atomic E-state index is -0.707. The lowest BCUT2D eigenvalue weighted by molar-refractivity contribution is -0.122. The third-order valence-electron chi connectivity index (χ3n) is 3.96. The monoisotopic (exact) mass is 392 g/mol. The molecule has 1 aliphatic rings. The molecule has 1 aliphatic heterocycles. The quantitative estimate of drug-likeness (QED) is 0.637. The standard InChI is InChI=1S/C16H24N4O3.2ClH/c1-23-10-13(17)16(22)19-12-5-2-4-11(8-12)9-20-7-3-6-14(20)15(18)21;;/h2,4-5,8,13-14H,3,6-7,9-10,17H2,1H3,(H2,18,21)(H,19,22);2*1H. The maximum absolute atomic E-state index is 11.9. The van der Waals surface area contributed by atoms with E-state index in [0.29, 0.717) is 12.2 Å². The molecular weight excluding hydrogens is 367 g/mol. The van der Waals surface area contributed by atoms with E-state index in [1.54, 1.807) is 6.07 Å². The van der Waals surface area contributed by atoms with Crippen LogP contribution in [0.2, 0.25) is 0 Å². The molecule has 0 aliphatic carbocycles. The van der Waals surface area contributed by atoms with Gasteiger partial charge < -0.3 is 21.5 Å². The van der Waals surface area contributed by atoms with Crippen molar-refractivity contribution in [2.24, 2.45) is 11.5 Å². The fourth-order valence-electron chi connectivity index (χ4n) is 2.81. The summed E-state index contributed by atoms with van der Waals surface area (Å²) in [5.41, 5.74) is 12.8. The second-order valence-electron chi connectivity index (χ2n) is 5.78. The topological polar surface area (TPSA) is 111 Å². The predicted octanol–water partition coefficient (Wildman–Crippen LogP) is 0.892. The summed E-state index contributed by atoms with van der Waals surface area (Å²) in [6, 6.07) is 6.60. The molecular formula is C16H26Cl2N4O3. The number of methoxy groups -OCH3 is 1. The zero-order valence-electron chi connectivity index (χ0n) is 14.1. The Bertz CT molecular complexity index is 574. The smallest absolute Gasteiger partial charge is 0.243 e. The number of carbonyl (C=O) groups is 2. The average molecular weight is 393 g/mol. The van der Waals surface area contributed by atoms with Crippen molar-refractivity contribution in [2.45, 2.75) is 31.5 Å². The van der Waals surface area contributed by atoms with Gasteiger partial charge in [-0.1, -0.05) is 12.1 Å². The zero-order valence-corrected chi connectivity index (χ0v) is 15.8. The molecule has 2 rings (SSSR count). The van der Waals surface area contributed by atoms with E-state index >= 15 is 0 Å². The number of rotatable bonds is 7. The molecule has 2 atom stereocenters. The van der Waals surface area contributed by atoms with Crippen LogP contribution in [0.15, 0.2) is 24.3 Å². The summed E-state index contributed by atoms with van der Waals surface area (Å²) in [5, 5.41) is 2.77. The molecule has 1 heterocycles. The zero-order chi connectivity index (χ0) is 16.8. The van der Waals surface area contributed by atoms with E-state index in [0.717, 1.165) is 24.9 Å². The number of primary amides is 1. The van der Waals surface area contributed by atoms with E-state index in [-0.39, 0.29) is 49.3 Å². The molecule has 25 heavy (non-hydrogen) atoms. The highest BCUT2D eigenvalue weighted by Crippen LogP contribution is 2.21. The first-order chi connectivity index (χ1) is 11.0. The molecule has 5 N–H and O–H groups in total. The molecule has 0 spiro atoms. The van der Waals surface area contributed by atoms with Crippen LogP contribution < -0.4 is 16.8 Å². The normalized spacial score (nSPS) is 17.9. The van der Waals surface area contributed by atoms with E-state index in [4.69, 9.17) is 16.2 Å². The van der Waals surface area contributed by atoms with Crippen molar-refractivity contribution in [3.8, 4) is 0 Å². The van der Waals surface area contributed by atoms with Gasteiger partial charge in [0.2, 0.25) is 11.8 Å². The van der Waals surface area contributed by atoms with Crippen LogP contribution in [0.3, 0.4) is 0 Å². The van der Waals surface area contributed by atoms with Crippen LogP contribution in [0, 0.1) is 0 Å². The lowest BCUT2D eigenvalue weighted by atomic mass is 10.1. The Labute approximate surface area is 160 Å². The van der Waals surface area contributed by atoms with E-state index < -0.39 is 6.04 Å². The number of anilines is 1. The number of ether oxygens (including phenoxy) is 1. The number of hydrogen-bond donors (Lipinski definition) is 3. The maximum atomic E-state index is 11.9.